The molecule has 23 heavy (non-hydrogen) atoms. The Morgan fingerprint density at radius 2 is 2.09 bits per heavy atom. The van der Waals surface area contributed by atoms with Crippen molar-refractivity contribution < 1.29 is 4.42 Å². The Morgan fingerprint density at radius 3 is 2.83 bits per heavy atom. The van der Waals surface area contributed by atoms with E-state index in [1.807, 2.05) is 35.2 Å². The van der Waals surface area contributed by atoms with Crippen molar-refractivity contribution in [3.05, 3.63) is 52.8 Å². The first kappa shape index (κ1) is 14.5. The monoisotopic (exact) mass is 326 g/mol. The summed E-state index contributed by atoms with van der Waals surface area (Å²) >= 11 is 1.64. The van der Waals surface area contributed by atoms with Crippen LogP contribution in [0.1, 0.15) is 30.3 Å². The number of rotatable bonds is 4. The summed E-state index contributed by atoms with van der Waals surface area (Å²) in [6, 6.07) is 8.09. The highest BCUT2D eigenvalue weighted by Crippen LogP contribution is 2.30. The van der Waals surface area contributed by atoms with Gasteiger partial charge in [-0.25, -0.2) is 0 Å². The Balaban J connectivity index is 1.36. The number of hydrogen-bond donors (Lipinski definition) is 0. The van der Waals surface area contributed by atoms with Crippen LogP contribution < -0.4 is 0 Å². The van der Waals surface area contributed by atoms with E-state index in [1.165, 1.54) is 0 Å². The lowest BCUT2D eigenvalue weighted by Gasteiger charge is -2.29. The van der Waals surface area contributed by atoms with Gasteiger partial charge in [0.05, 0.1) is 5.69 Å². The van der Waals surface area contributed by atoms with Crippen molar-refractivity contribution in [2.75, 3.05) is 13.1 Å². The second-order valence-corrected chi connectivity index (χ2v) is 6.61. The number of likely N-dealkylation sites (tertiary alicyclic amines) is 1. The maximum atomic E-state index is 5.87. The number of aromatic nitrogens is 3. The van der Waals surface area contributed by atoms with Gasteiger partial charge in [-0.05, 0) is 49.5 Å². The Kier molecular flexibility index (Phi) is 4.17. The van der Waals surface area contributed by atoms with E-state index in [4.69, 9.17) is 4.42 Å². The van der Waals surface area contributed by atoms with E-state index in [2.05, 4.69) is 26.1 Å². The van der Waals surface area contributed by atoms with E-state index in [0.717, 1.165) is 49.6 Å². The highest BCUT2D eigenvalue weighted by Gasteiger charge is 2.25. The first-order valence-electron chi connectivity index (χ1n) is 7.87. The molecule has 0 amide bonds. The second kappa shape index (κ2) is 6.60. The summed E-state index contributed by atoms with van der Waals surface area (Å²) in [6.45, 7) is 2.99. The smallest absolute Gasteiger partial charge is 0.248 e. The Bertz CT molecular complexity index is 733. The van der Waals surface area contributed by atoms with E-state index in [0.29, 0.717) is 11.8 Å². The van der Waals surface area contributed by atoms with Gasteiger partial charge in [0.1, 0.15) is 0 Å². The van der Waals surface area contributed by atoms with Gasteiger partial charge in [0, 0.05) is 29.6 Å². The molecule has 5 nitrogen and oxygen atoms in total. The molecule has 1 aliphatic rings. The van der Waals surface area contributed by atoms with Crippen LogP contribution in [0.4, 0.5) is 0 Å². The van der Waals surface area contributed by atoms with Crippen molar-refractivity contribution in [2.45, 2.75) is 25.3 Å². The van der Waals surface area contributed by atoms with Gasteiger partial charge in [-0.15, -0.1) is 10.2 Å². The summed E-state index contributed by atoms with van der Waals surface area (Å²) in [7, 11) is 0. The van der Waals surface area contributed by atoms with Gasteiger partial charge in [-0.1, -0.05) is 6.07 Å². The molecule has 0 unspecified atom stereocenters. The predicted octanol–water partition coefficient (Wildman–Crippen LogP) is 3.57. The van der Waals surface area contributed by atoms with Crippen molar-refractivity contribution in [2.24, 2.45) is 0 Å². The lowest BCUT2D eigenvalue weighted by molar-refractivity contribution is 0.191. The van der Waals surface area contributed by atoms with Gasteiger partial charge >= 0.3 is 0 Å². The van der Waals surface area contributed by atoms with Crippen LogP contribution in [0.25, 0.3) is 11.5 Å². The summed E-state index contributed by atoms with van der Waals surface area (Å²) in [5.41, 5.74) is 2.14. The molecule has 0 N–H and O–H groups in total. The van der Waals surface area contributed by atoms with Gasteiger partial charge < -0.3 is 4.42 Å². The summed E-state index contributed by atoms with van der Waals surface area (Å²) in [4.78, 5) is 6.84. The molecule has 118 valence electrons. The highest BCUT2D eigenvalue weighted by atomic mass is 32.1. The lowest BCUT2D eigenvalue weighted by atomic mass is 9.97. The number of pyridine rings is 1. The first-order valence-corrected chi connectivity index (χ1v) is 8.81. The molecule has 0 bridgehead atoms. The number of thiophene rings is 1. The summed E-state index contributed by atoms with van der Waals surface area (Å²) in [5, 5.41) is 12.5. The molecule has 0 saturated carbocycles. The third-order valence-corrected chi connectivity index (χ3v) is 4.94. The van der Waals surface area contributed by atoms with Crippen LogP contribution >= 0.6 is 11.3 Å². The zero-order valence-corrected chi connectivity index (χ0v) is 13.6. The number of nitrogens with zero attached hydrogens (tertiary/aromatic N) is 4. The third kappa shape index (κ3) is 3.33. The van der Waals surface area contributed by atoms with Crippen LogP contribution in [-0.2, 0) is 6.54 Å². The molecule has 1 fully saturated rings. The van der Waals surface area contributed by atoms with Crippen molar-refractivity contribution in [1.82, 2.24) is 20.1 Å². The first-order chi connectivity index (χ1) is 11.4. The molecular weight excluding hydrogens is 308 g/mol. The summed E-state index contributed by atoms with van der Waals surface area (Å²) < 4.78 is 5.87. The Labute approximate surface area is 139 Å². The molecule has 1 saturated heterocycles. The normalized spacial score (nSPS) is 16.7. The quantitative estimate of drug-likeness (QED) is 0.733. The van der Waals surface area contributed by atoms with E-state index >= 15 is 0 Å². The highest BCUT2D eigenvalue weighted by molar-refractivity contribution is 7.08. The number of hydrogen-bond acceptors (Lipinski definition) is 6. The SMILES string of the molecule is c1ccc(CN2CCC(c3nnc(-c4ccsc4)o3)CC2)nc1. The molecule has 4 rings (SSSR count). The van der Waals surface area contributed by atoms with Gasteiger partial charge in [-0.3, -0.25) is 9.88 Å². The second-order valence-electron chi connectivity index (χ2n) is 5.83. The molecular formula is C17H18N4OS. The van der Waals surface area contributed by atoms with E-state index in [-0.39, 0.29) is 0 Å². The lowest BCUT2D eigenvalue weighted by Crippen LogP contribution is -2.32. The minimum absolute atomic E-state index is 0.370. The van der Waals surface area contributed by atoms with Crippen molar-refractivity contribution in [1.29, 1.82) is 0 Å². The van der Waals surface area contributed by atoms with Crippen LogP contribution in [0.15, 0.2) is 45.6 Å². The summed E-state index contributed by atoms with van der Waals surface area (Å²) in [5.74, 6) is 1.79. The minimum Gasteiger partial charge on any atom is -0.420 e. The largest absolute Gasteiger partial charge is 0.420 e. The van der Waals surface area contributed by atoms with E-state index in [1.54, 1.807) is 11.3 Å². The van der Waals surface area contributed by atoms with Crippen LogP contribution in [0.2, 0.25) is 0 Å². The van der Waals surface area contributed by atoms with Gasteiger partial charge in [0.2, 0.25) is 11.8 Å². The topological polar surface area (TPSA) is 55.1 Å². The molecule has 0 aliphatic carbocycles. The third-order valence-electron chi connectivity index (χ3n) is 4.26. The van der Waals surface area contributed by atoms with Crippen LogP contribution in [0.5, 0.6) is 0 Å². The van der Waals surface area contributed by atoms with Gasteiger partial charge in [-0.2, -0.15) is 11.3 Å². The average Bonchev–Trinajstić information content (AvgIpc) is 3.28. The maximum Gasteiger partial charge on any atom is 0.248 e. The van der Waals surface area contributed by atoms with Gasteiger partial charge in [0.15, 0.2) is 0 Å². The summed E-state index contributed by atoms with van der Waals surface area (Å²) in [6.07, 6.45) is 3.96. The average molecular weight is 326 g/mol. The fourth-order valence-corrected chi connectivity index (χ4v) is 3.59. The molecule has 0 spiro atoms. The molecule has 3 aromatic rings. The molecule has 0 aromatic carbocycles. The Hall–Kier alpha value is -2.05. The maximum absolute atomic E-state index is 5.87. The zero-order valence-electron chi connectivity index (χ0n) is 12.8. The van der Waals surface area contributed by atoms with Crippen molar-refractivity contribution in [3.8, 4) is 11.5 Å². The molecule has 3 aromatic heterocycles. The predicted molar refractivity (Wildman–Crippen MR) is 89.1 cm³/mol. The standard InChI is InChI=1S/C17H18N4OS/c1-2-7-18-15(3-1)11-21-8-4-13(5-9-21)16-19-20-17(22-16)14-6-10-23-12-14/h1-3,6-7,10,12-13H,4-5,8-9,11H2. The number of piperidine rings is 1. The van der Waals surface area contributed by atoms with E-state index < -0.39 is 0 Å². The molecule has 4 heterocycles. The van der Waals surface area contributed by atoms with Crippen molar-refractivity contribution >= 4 is 11.3 Å². The van der Waals surface area contributed by atoms with Crippen molar-refractivity contribution in [3.63, 3.8) is 0 Å². The van der Waals surface area contributed by atoms with Crippen LogP contribution in [-0.4, -0.2) is 33.2 Å². The molecule has 0 radical (unpaired) electrons. The van der Waals surface area contributed by atoms with E-state index in [9.17, 15) is 0 Å². The van der Waals surface area contributed by atoms with Crippen LogP contribution in [0.3, 0.4) is 0 Å². The fraction of sp³-hybridized carbons (Fsp3) is 0.353. The Morgan fingerprint density at radius 1 is 1.17 bits per heavy atom. The zero-order chi connectivity index (χ0) is 15.5. The van der Waals surface area contributed by atoms with Crippen LogP contribution in [0, 0.1) is 0 Å². The van der Waals surface area contributed by atoms with Gasteiger partial charge in [0.25, 0.3) is 0 Å². The molecule has 1 aliphatic heterocycles. The molecule has 6 heteroatoms. The molecule has 0 atom stereocenters. The fourth-order valence-electron chi connectivity index (χ4n) is 2.96. The minimum atomic E-state index is 0.370.